The number of benzene rings is 2. The first-order chi connectivity index (χ1) is 13.0. The van der Waals surface area contributed by atoms with Crippen molar-refractivity contribution >= 4 is 5.82 Å². The Morgan fingerprint density at radius 3 is 2.26 bits per heavy atom. The number of hydrogen-bond donors (Lipinski definition) is 2. The Balaban J connectivity index is 2.19. The molecule has 0 saturated carbocycles. The maximum atomic E-state index is 13.6. The molecule has 2 aromatic carbocycles. The van der Waals surface area contributed by atoms with E-state index in [9.17, 15) is 19.7 Å². The number of anilines is 1. The third-order valence-corrected chi connectivity index (χ3v) is 4.11. The molecule has 0 unspecified atom stereocenters. The first kappa shape index (κ1) is 17.7. The van der Waals surface area contributed by atoms with Gasteiger partial charge in [0.05, 0.1) is 7.11 Å². The van der Waals surface area contributed by atoms with Gasteiger partial charge in [-0.25, -0.2) is 4.39 Å². The number of halogens is 1. The Kier molecular flexibility index (Phi) is 4.61. The normalized spacial score (nSPS) is 10.1. The first-order valence-electron chi connectivity index (χ1n) is 7.80. The maximum absolute atomic E-state index is 13.6. The van der Waals surface area contributed by atoms with E-state index in [1.807, 2.05) is 12.1 Å². The molecule has 0 amide bonds. The molecule has 1 aromatic heterocycles. The van der Waals surface area contributed by atoms with Gasteiger partial charge in [0.15, 0.2) is 0 Å². The molecule has 132 valence electrons. The van der Waals surface area contributed by atoms with Crippen molar-refractivity contribution in [3.63, 3.8) is 0 Å². The van der Waals surface area contributed by atoms with Crippen molar-refractivity contribution < 1.29 is 9.13 Å². The van der Waals surface area contributed by atoms with Crippen LogP contribution in [-0.2, 0) is 0 Å². The number of H-pyrrole nitrogens is 1. The van der Waals surface area contributed by atoms with Crippen LogP contribution in [0.25, 0.3) is 22.3 Å². The number of nitriles is 2. The summed E-state index contributed by atoms with van der Waals surface area (Å²) in [6.07, 6.45) is 0. The second-order valence-corrected chi connectivity index (χ2v) is 5.64. The van der Waals surface area contributed by atoms with E-state index < -0.39 is 11.4 Å². The minimum atomic E-state index is -0.667. The van der Waals surface area contributed by atoms with Gasteiger partial charge < -0.3 is 15.5 Å². The second-order valence-electron chi connectivity index (χ2n) is 5.64. The number of nitrogens with two attached hydrogens (primary N) is 1. The molecule has 0 aliphatic carbocycles. The van der Waals surface area contributed by atoms with E-state index in [4.69, 9.17) is 10.5 Å². The summed E-state index contributed by atoms with van der Waals surface area (Å²) >= 11 is 0. The summed E-state index contributed by atoms with van der Waals surface area (Å²) in [7, 11) is 1.49. The van der Waals surface area contributed by atoms with Crippen molar-refractivity contribution in [2.75, 3.05) is 12.8 Å². The number of nitrogens with one attached hydrogen (secondary N) is 1. The number of pyridine rings is 1. The van der Waals surface area contributed by atoms with Crippen LogP contribution < -0.4 is 16.0 Å². The highest BCUT2D eigenvalue weighted by Gasteiger charge is 2.18. The fourth-order valence-corrected chi connectivity index (χ4v) is 2.85. The zero-order valence-corrected chi connectivity index (χ0v) is 14.2. The third kappa shape index (κ3) is 3.10. The van der Waals surface area contributed by atoms with Crippen LogP contribution in [0, 0.1) is 28.5 Å². The molecule has 7 heteroatoms. The molecule has 0 atom stereocenters. The lowest BCUT2D eigenvalue weighted by atomic mass is 9.94. The van der Waals surface area contributed by atoms with Crippen LogP contribution in [0.4, 0.5) is 10.2 Å². The number of nitrogen functional groups attached to an aromatic ring is 1. The average Bonchev–Trinajstić information content (AvgIpc) is 2.67. The highest BCUT2D eigenvalue weighted by Crippen LogP contribution is 2.34. The number of hydrogen-bond acceptors (Lipinski definition) is 5. The highest BCUT2D eigenvalue weighted by atomic mass is 19.1. The predicted molar refractivity (Wildman–Crippen MR) is 98.3 cm³/mol. The lowest BCUT2D eigenvalue weighted by Crippen LogP contribution is -2.16. The van der Waals surface area contributed by atoms with E-state index in [2.05, 4.69) is 4.98 Å². The maximum Gasteiger partial charge on any atom is 0.268 e. The molecular weight excluding hydrogens is 347 g/mol. The second kappa shape index (κ2) is 7.03. The van der Waals surface area contributed by atoms with Gasteiger partial charge in [0, 0.05) is 11.1 Å². The summed E-state index contributed by atoms with van der Waals surface area (Å²) < 4.78 is 18.9. The van der Waals surface area contributed by atoms with Crippen molar-refractivity contribution in [2.24, 2.45) is 0 Å². The Bertz CT molecular complexity index is 1170. The summed E-state index contributed by atoms with van der Waals surface area (Å²) in [4.78, 5) is 14.3. The van der Waals surface area contributed by atoms with E-state index in [0.29, 0.717) is 22.4 Å². The van der Waals surface area contributed by atoms with Gasteiger partial charge in [0.2, 0.25) is 0 Å². The van der Waals surface area contributed by atoms with Gasteiger partial charge in [0.25, 0.3) is 5.56 Å². The Hall–Kier alpha value is -4.10. The molecule has 1 heterocycles. The van der Waals surface area contributed by atoms with Gasteiger partial charge in [0.1, 0.15) is 40.6 Å². The molecule has 0 radical (unpaired) electrons. The zero-order chi connectivity index (χ0) is 19.6. The van der Waals surface area contributed by atoms with Crippen LogP contribution in [0.3, 0.4) is 0 Å². The van der Waals surface area contributed by atoms with Crippen LogP contribution in [0.1, 0.15) is 11.1 Å². The number of rotatable bonds is 3. The minimum Gasteiger partial charge on any atom is -0.496 e. The number of aromatic nitrogens is 1. The highest BCUT2D eigenvalue weighted by molar-refractivity contribution is 5.82. The van der Waals surface area contributed by atoms with Crippen LogP contribution >= 0.6 is 0 Å². The monoisotopic (exact) mass is 360 g/mol. The van der Waals surface area contributed by atoms with Gasteiger partial charge in [-0.2, -0.15) is 10.5 Å². The average molecular weight is 360 g/mol. The summed E-state index contributed by atoms with van der Waals surface area (Å²) in [5, 5.41) is 18.7. The SMILES string of the molecule is COc1ccc(F)cc1-c1ccc(-c2c(C#N)c(N)[nH]c(=O)c2C#N)cc1. The number of ether oxygens (including phenoxy) is 1. The topological polar surface area (TPSA) is 116 Å². The molecule has 27 heavy (non-hydrogen) atoms. The standard InChI is InChI=1S/C20H13FN4O2/c1-27-17-7-6-13(21)8-14(17)11-2-4-12(5-3-11)18-15(9-22)19(24)25-20(26)16(18)10-23/h2-8H,1H3,(H3,24,25,26). The Morgan fingerprint density at radius 1 is 1.04 bits per heavy atom. The molecule has 0 aliphatic heterocycles. The largest absolute Gasteiger partial charge is 0.496 e. The van der Waals surface area contributed by atoms with E-state index in [0.717, 1.165) is 0 Å². The lowest BCUT2D eigenvalue weighted by molar-refractivity contribution is 0.415. The van der Waals surface area contributed by atoms with Gasteiger partial charge in [-0.15, -0.1) is 0 Å². The molecule has 3 aromatic rings. The quantitative estimate of drug-likeness (QED) is 0.744. The molecule has 0 fully saturated rings. The smallest absolute Gasteiger partial charge is 0.268 e. The molecule has 0 spiro atoms. The predicted octanol–water partition coefficient (Wildman–Crippen LogP) is 3.18. The van der Waals surface area contributed by atoms with Gasteiger partial charge in [-0.05, 0) is 29.3 Å². The van der Waals surface area contributed by atoms with Crippen LogP contribution in [-0.4, -0.2) is 12.1 Å². The van der Waals surface area contributed by atoms with Crippen molar-refractivity contribution in [1.29, 1.82) is 10.5 Å². The first-order valence-corrected chi connectivity index (χ1v) is 7.80. The number of nitrogens with zero attached hydrogens (tertiary/aromatic N) is 2. The number of methoxy groups -OCH3 is 1. The molecule has 3 rings (SSSR count). The lowest BCUT2D eigenvalue weighted by Gasteiger charge is -2.11. The molecule has 0 bridgehead atoms. The van der Waals surface area contributed by atoms with Gasteiger partial charge >= 0.3 is 0 Å². The zero-order valence-electron chi connectivity index (χ0n) is 14.2. The van der Waals surface area contributed by atoms with Crippen molar-refractivity contribution in [3.05, 3.63) is 69.8 Å². The summed E-state index contributed by atoms with van der Waals surface area (Å²) in [5.74, 6) is -0.0110. The van der Waals surface area contributed by atoms with Crippen LogP contribution in [0.5, 0.6) is 5.75 Å². The van der Waals surface area contributed by atoms with E-state index in [1.165, 1.54) is 25.3 Å². The Labute approximate surface area is 153 Å². The third-order valence-electron chi connectivity index (χ3n) is 4.11. The van der Waals surface area contributed by atoms with Crippen LogP contribution in [0.2, 0.25) is 0 Å². The summed E-state index contributed by atoms with van der Waals surface area (Å²) in [5.41, 5.74) is 6.74. The van der Waals surface area contributed by atoms with Gasteiger partial charge in [-0.3, -0.25) is 4.79 Å². The summed E-state index contributed by atoms with van der Waals surface area (Å²) in [6.45, 7) is 0. The molecule has 0 saturated heterocycles. The van der Waals surface area contributed by atoms with Crippen molar-refractivity contribution in [2.45, 2.75) is 0 Å². The van der Waals surface area contributed by atoms with E-state index >= 15 is 0 Å². The molecule has 0 aliphatic rings. The Morgan fingerprint density at radius 2 is 1.67 bits per heavy atom. The molecule has 6 nitrogen and oxygen atoms in total. The fourth-order valence-electron chi connectivity index (χ4n) is 2.85. The van der Waals surface area contributed by atoms with Crippen LogP contribution in [0.15, 0.2) is 47.3 Å². The van der Waals surface area contributed by atoms with E-state index in [1.54, 1.807) is 24.3 Å². The van der Waals surface area contributed by atoms with Crippen molar-refractivity contribution in [1.82, 2.24) is 4.98 Å². The fraction of sp³-hybridized carbons (Fsp3) is 0.0500. The number of aromatic amines is 1. The van der Waals surface area contributed by atoms with E-state index in [-0.39, 0.29) is 22.5 Å². The molecule has 3 N–H and O–H groups in total. The van der Waals surface area contributed by atoms with Crippen molar-refractivity contribution in [3.8, 4) is 40.1 Å². The summed E-state index contributed by atoms with van der Waals surface area (Å²) in [6, 6.07) is 14.6. The minimum absolute atomic E-state index is 0.0160. The van der Waals surface area contributed by atoms with Gasteiger partial charge in [-0.1, -0.05) is 24.3 Å². The molecular formula is C20H13FN4O2.